The molecule has 0 aliphatic rings. The highest BCUT2D eigenvalue weighted by molar-refractivity contribution is 5.86. The third-order valence-corrected chi connectivity index (χ3v) is 3.01. The number of ether oxygens (including phenoxy) is 1. The van der Waals surface area contributed by atoms with Gasteiger partial charge in [0.1, 0.15) is 5.60 Å². The van der Waals surface area contributed by atoms with E-state index in [-0.39, 0.29) is 0 Å². The fourth-order valence-corrected chi connectivity index (χ4v) is 1.96. The van der Waals surface area contributed by atoms with E-state index < -0.39 is 23.6 Å². The average Bonchev–Trinajstić information content (AvgIpc) is 2.31. The Kier molecular flexibility index (Phi) is 5.35. The van der Waals surface area contributed by atoms with Crippen LogP contribution in [0.5, 0.6) is 0 Å². The first-order chi connectivity index (χ1) is 9.64. The number of aliphatic carboxylic acids is 1. The van der Waals surface area contributed by atoms with E-state index in [9.17, 15) is 14.7 Å². The molecule has 1 aromatic rings. The largest absolute Gasteiger partial charge is 0.481 e. The lowest BCUT2D eigenvalue weighted by molar-refractivity contribution is -0.138. The van der Waals surface area contributed by atoms with Crippen molar-refractivity contribution in [2.24, 2.45) is 0 Å². The van der Waals surface area contributed by atoms with E-state index in [0.717, 1.165) is 5.56 Å². The minimum atomic E-state index is -0.871. The van der Waals surface area contributed by atoms with Crippen molar-refractivity contribution in [3.8, 4) is 0 Å². The van der Waals surface area contributed by atoms with Gasteiger partial charge >= 0.3 is 12.1 Å². The van der Waals surface area contributed by atoms with Crippen LogP contribution in [0.1, 0.15) is 51.2 Å². The summed E-state index contributed by atoms with van der Waals surface area (Å²) in [5.41, 5.74) is 1.51. The number of aryl methyl sites for hydroxylation is 1. The first kappa shape index (κ1) is 17.0. The second kappa shape index (κ2) is 6.61. The van der Waals surface area contributed by atoms with Crippen LogP contribution < -0.4 is 5.32 Å². The molecule has 0 spiro atoms. The molecule has 0 saturated carbocycles. The van der Waals surface area contributed by atoms with E-state index in [2.05, 4.69) is 5.32 Å². The lowest BCUT2D eigenvalue weighted by atomic mass is 9.95. The van der Waals surface area contributed by atoms with E-state index in [0.29, 0.717) is 17.7 Å². The van der Waals surface area contributed by atoms with Gasteiger partial charge in [-0.25, -0.2) is 4.79 Å². The van der Waals surface area contributed by atoms with Crippen molar-refractivity contribution in [3.63, 3.8) is 0 Å². The molecule has 0 aromatic heterocycles. The number of carboxylic acids is 1. The van der Waals surface area contributed by atoms with Crippen LogP contribution in [0.4, 0.5) is 10.5 Å². The molecule has 5 heteroatoms. The number of carbonyl (C=O) groups is 2. The summed E-state index contributed by atoms with van der Waals surface area (Å²) in [5, 5.41) is 11.9. The maximum absolute atomic E-state index is 11.8. The zero-order valence-corrected chi connectivity index (χ0v) is 13.2. The van der Waals surface area contributed by atoms with Crippen molar-refractivity contribution < 1.29 is 19.4 Å². The molecule has 1 amide bonds. The molecule has 0 saturated heterocycles. The van der Waals surface area contributed by atoms with Crippen molar-refractivity contribution in [1.29, 1.82) is 0 Å². The number of hydrogen-bond acceptors (Lipinski definition) is 3. The van der Waals surface area contributed by atoms with Crippen LogP contribution in [-0.4, -0.2) is 22.8 Å². The van der Waals surface area contributed by atoms with Crippen LogP contribution >= 0.6 is 0 Å². The van der Waals surface area contributed by atoms with Gasteiger partial charge in [0.2, 0.25) is 0 Å². The Bertz CT molecular complexity index is 532. The number of amides is 1. The predicted octanol–water partition coefficient (Wildman–Crippen LogP) is 3.92. The van der Waals surface area contributed by atoms with Crippen LogP contribution in [0.3, 0.4) is 0 Å². The summed E-state index contributed by atoms with van der Waals surface area (Å²) >= 11 is 0. The lowest BCUT2D eigenvalue weighted by Gasteiger charge is -2.20. The molecule has 1 atom stereocenters. The maximum atomic E-state index is 11.8. The first-order valence-electron chi connectivity index (χ1n) is 6.97. The minimum Gasteiger partial charge on any atom is -0.481 e. The summed E-state index contributed by atoms with van der Waals surface area (Å²) in [6, 6.07) is 5.27. The van der Waals surface area contributed by atoms with Gasteiger partial charge in [-0.05, 0) is 51.3 Å². The molecule has 1 rings (SSSR count). The summed E-state index contributed by atoms with van der Waals surface area (Å²) in [7, 11) is 0. The summed E-state index contributed by atoms with van der Waals surface area (Å²) in [5.74, 6) is -1.45. The Hall–Kier alpha value is -2.04. The van der Waals surface area contributed by atoms with Crippen molar-refractivity contribution in [3.05, 3.63) is 29.3 Å². The average molecular weight is 293 g/mol. The number of rotatable bonds is 4. The van der Waals surface area contributed by atoms with E-state index >= 15 is 0 Å². The molecule has 0 radical (unpaired) electrons. The topological polar surface area (TPSA) is 75.6 Å². The molecule has 0 heterocycles. The van der Waals surface area contributed by atoms with Gasteiger partial charge in [0.05, 0.1) is 5.92 Å². The highest BCUT2D eigenvalue weighted by atomic mass is 16.6. The number of benzene rings is 1. The Labute approximate surface area is 125 Å². The van der Waals surface area contributed by atoms with Gasteiger partial charge in [0, 0.05) is 5.69 Å². The molecular weight excluding hydrogens is 270 g/mol. The molecule has 0 bridgehead atoms. The van der Waals surface area contributed by atoms with Crippen molar-refractivity contribution in [2.45, 2.75) is 52.6 Å². The number of hydrogen-bond donors (Lipinski definition) is 2. The van der Waals surface area contributed by atoms with Gasteiger partial charge in [0.25, 0.3) is 0 Å². The molecule has 116 valence electrons. The summed E-state index contributed by atoms with van der Waals surface area (Å²) in [4.78, 5) is 23.0. The molecular formula is C16H23NO4. The van der Waals surface area contributed by atoms with Gasteiger partial charge in [0.15, 0.2) is 0 Å². The predicted molar refractivity (Wildman–Crippen MR) is 81.7 cm³/mol. The van der Waals surface area contributed by atoms with E-state index in [1.54, 1.807) is 39.0 Å². The summed E-state index contributed by atoms with van der Waals surface area (Å²) in [6.45, 7) is 9.02. The van der Waals surface area contributed by atoms with Crippen LogP contribution in [0.2, 0.25) is 0 Å². The lowest BCUT2D eigenvalue weighted by Crippen LogP contribution is -2.27. The molecule has 21 heavy (non-hydrogen) atoms. The van der Waals surface area contributed by atoms with Gasteiger partial charge in [-0.1, -0.05) is 19.1 Å². The number of nitrogens with one attached hydrogen (secondary N) is 1. The summed E-state index contributed by atoms with van der Waals surface area (Å²) < 4.78 is 5.20. The first-order valence-corrected chi connectivity index (χ1v) is 6.97. The van der Waals surface area contributed by atoms with E-state index in [1.165, 1.54) is 0 Å². The second-order valence-corrected chi connectivity index (χ2v) is 6.00. The zero-order valence-electron chi connectivity index (χ0n) is 13.2. The van der Waals surface area contributed by atoms with Crippen LogP contribution in [0.15, 0.2) is 18.2 Å². The number of carboxylic acid groups (broad SMARTS) is 1. The normalized spacial score (nSPS) is 12.6. The third-order valence-electron chi connectivity index (χ3n) is 3.01. The van der Waals surface area contributed by atoms with Crippen molar-refractivity contribution in [2.75, 3.05) is 5.32 Å². The fourth-order valence-electron chi connectivity index (χ4n) is 1.96. The number of carbonyl (C=O) groups excluding carboxylic acids is 1. The molecule has 0 aliphatic heterocycles. The highest BCUT2D eigenvalue weighted by Gasteiger charge is 2.20. The molecule has 1 aromatic carbocycles. The minimum absolute atomic E-state index is 0.490. The van der Waals surface area contributed by atoms with Gasteiger partial charge in [-0.2, -0.15) is 0 Å². The molecule has 0 aliphatic carbocycles. The quantitative estimate of drug-likeness (QED) is 0.882. The smallest absolute Gasteiger partial charge is 0.412 e. The second-order valence-electron chi connectivity index (χ2n) is 6.00. The Morgan fingerprint density at radius 2 is 1.95 bits per heavy atom. The van der Waals surface area contributed by atoms with Crippen LogP contribution in [0.25, 0.3) is 0 Å². The van der Waals surface area contributed by atoms with Gasteiger partial charge in [-0.15, -0.1) is 0 Å². The Morgan fingerprint density at radius 3 is 2.43 bits per heavy atom. The van der Waals surface area contributed by atoms with Gasteiger partial charge < -0.3 is 9.84 Å². The Morgan fingerprint density at radius 1 is 1.33 bits per heavy atom. The van der Waals surface area contributed by atoms with Gasteiger partial charge in [-0.3, -0.25) is 10.1 Å². The van der Waals surface area contributed by atoms with E-state index in [4.69, 9.17) is 4.74 Å². The fraction of sp³-hybridized carbons (Fsp3) is 0.500. The Balaban J connectivity index is 2.97. The SMILES string of the molecule is CCC(C(=O)O)c1ccc(C)c(NC(=O)OC(C)(C)C)c1. The third kappa shape index (κ3) is 5.10. The molecule has 5 nitrogen and oxygen atoms in total. The summed E-state index contributed by atoms with van der Waals surface area (Å²) in [6.07, 6.45) is -0.0595. The van der Waals surface area contributed by atoms with E-state index in [1.807, 2.05) is 13.8 Å². The van der Waals surface area contributed by atoms with Crippen molar-refractivity contribution in [1.82, 2.24) is 0 Å². The van der Waals surface area contributed by atoms with Crippen molar-refractivity contribution >= 4 is 17.7 Å². The molecule has 2 N–H and O–H groups in total. The van der Waals surface area contributed by atoms with Crippen LogP contribution in [-0.2, 0) is 9.53 Å². The molecule has 1 unspecified atom stereocenters. The maximum Gasteiger partial charge on any atom is 0.412 e. The highest BCUT2D eigenvalue weighted by Crippen LogP contribution is 2.25. The van der Waals surface area contributed by atoms with Crippen LogP contribution in [0, 0.1) is 6.92 Å². The standard InChI is InChI=1S/C16H23NO4/c1-6-12(14(18)19)11-8-7-10(2)13(9-11)17-15(20)21-16(3,4)5/h7-9,12H,6H2,1-5H3,(H,17,20)(H,18,19). The number of anilines is 1. The molecule has 0 fully saturated rings. The monoisotopic (exact) mass is 293 g/mol. The zero-order chi connectivity index (χ0) is 16.2.